The Hall–Kier alpha value is -2.54. The maximum Gasteiger partial charge on any atom is 0.416 e. The molecular weight excluding hydrogens is 407 g/mol. The number of fused-ring (bicyclic) bond motifs is 1. The number of hydrogen-bond donors (Lipinski definition) is 1. The highest BCUT2D eigenvalue weighted by molar-refractivity contribution is 5.84. The van der Waals surface area contributed by atoms with Gasteiger partial charge in [0.1, 0.15) is 11.5 Å². The summed E-state index contributed by atoms with van der Waals surface area (Å²) in [6, 6.07) is 8.66. The molecule has 0 bridgehead atoms. The third-order valence-corrected chi connectivity index (χ3v) is 6.57. The number of hydrogen-bond acceptors (Lipinski definition) is 3. The van der Waals surface area contributed by atoms with Gasteiger partial charge in [-0.25, -0.2) is 0 Å². The van der Waals surface area contributed by atoms with Crippen LogP contribution in [-0.4, -0.2) is 35.1 Å². The Balaban J connectivity index is 1.38. The van der Waals surface area contributed by atoms with Crippen LogP contribution in [0.25, 0.3) is 0 Å². The number of halogens is 3. The molecule has 4 nitrogen and oxygen atoms in total. The molecule has 2 aliphatic carbocycles. The van der Waals surface area contributed by atoms with Crippen molar-refractivity contribution in [2.24, 2.45) is 5.92 Å². The standard InChI is InChI=1S/C24H24F3NO3/c25-24(26,27)15-5-7-17(8-6-15)31-18-9-14-3-1-2-4-19(14)20(10-18)21-11-22(21)23(30)28-12-16(29)13-28/h5-10,16,21-22,29H,1-4,11-13H2/t21-,22+/m0/s1. The van der Waals surface area contributed by atoms with E-state index in [1.807, 2.05) is 12.1 Å². The number of carbonyl (C=O) groups is 1. The highest BCUT2D eigenvalue weighted by Crippen LogP contribution is 2.52. The molecule has 2 aromatic rings. The second-order valence-electron chi connectivity index (χ2n) is 8.83. The summed E-state index contributed by atoms with van der Waals surface area (Å²) < 4.78 is 44.3. The molecule has 1 N–H and O–H groups in total. The maximum absolute atomic E-state index is 12.8. The fourth-order valence-corrected chi connectivity index (χ4v) is 4.79. The van der Waals surface area contributed by atoms with Gasteiger partial charge in [-0.05, 0) is 91.1 Å². The van der Waals surface area contributed by atoms with Crippen molar-refractivity contribution < 1.29 is 27.8 Å². The lowest BCUT2D eigenvalue weighted by atomic mass is 9.86. The van der Waals surface area contributed by atoms with Gasteiger partial charge >= 0.3 is 6.18 Å². The van der Waals surface area contributed by atoms with Crippen molar-refractivity contribution in [1.29, 1.82) is 0 Å². The summed E-state index contributed by atoms with van der Waals surface area (Å²) in [5.41, 5.74) is 2.94. The van der Waals surface area contributed by atoms with Crippen molar-refractivity contribution in [3.05, 3.63) is 58.7 Å². The zero-order chi connectivity index (χ0) is 21.8. The minimum Gasteiger partial charge on any atom is -0.457 e. The molecule has 3 aliphatic rings. The fourth-order valence-electron chi connectivity index (χ4n) is 4.79. The highest BCUT2D eigenvalue weighted by Gasteiger charge is 2.48. The van der Waals surface area contributed by atoms with E-state index in [2.05, 4.69) is 0 Å². The third kappa shape index (κ3) is 4.03. The minimum absolute atomic E-state index is 0.0557. The lowest BCUT2D eigenvalue weighted by Gasteiger charge is -2.36. The van der Waals surface area contributed by atoms with Crippen LogP contribution in [0.15, 0.2) is 36.4 Å². The van der Waals surface area contributed by atoms with E-state index < -0.39 is 17.8 Å². The Morgan fingerprint density at radius 1 is 1.03 bits per heavy atom. The van der Waals surface area contributed by atoms with Crippen LogP contribution in [0.4, 0.5) is 13.2 Å². The first-order valence-electron chi connectivity index (χ1n) is 10.8. The number of aryl methyl sites for hydroxylation is 1. The lowest BCUT2D eigenvalue weighted by Crippen LogP contribution is -2.54. The van der Waals surface area contributed by atoms with Gasteiger partial charge in [0.2, 0.25) is 5.91 Å². The normalized spacial score (nSPS) is 23.2. The average molecular weight is 431 g/mol. The summed E-state index contributed by atoms with van der Waals surface area (Å²) in [6.45, 7) is 0.828. The third-order valence-electron chi connectivity index (χ3n) is 6.57. The number of β-amino-alcohol motifs (C(OH)–C–C–N with tert-alkyl or cyclic N) is 1. The molecule has 1 aliphatic heterocycles. The van der Waals surface area contributed by atoms with Crippen LogP contribution in [-0.2, 0) is 23.8 Å². The Labute approximate surface area is 178 Å². The Kier molecular flexibility index (Phi) is 4.96. The van der Waals surface area contributed by atoms with E-state index in [1.54, 1.807) is 4.90 Å². The molecule has 0 radical (unpaired) electrons. The van der Waals surface area contributed by atoms with E-state index in [0.29, 0.717) is 24.6 Å². The number of amides is 1. The average Bonchev–Trinajstić information content (AvgIpc) is 3.51. The number of ether oxygens (including phenoxy) is 1. The molecule has 7 heteroatoms. The van der Waals surface area contributed by atoms with Crippen LogP contribution >= 0.6 is 0 Å². The van der Waals surface area contributed by atoms with Gasteiger partial charge in [0, 0.05) is 19.0 Å². The topological polar surface area (TPSA) is 49.8 Å². The van der Waals surface area contributed by atoms with Gasteiger partial charge in [-0.3, -0.25) is 4.79 Å². The van der Waals surface area contributed by atoms with Gasteiger partial charge in [-0.15, -0.1) is 0 Å². The smallest absolute Gasteiger partial charge is 0.416 e. The molecule has 0 aromatic heterocycles. The van der Waals surface area contributed by atoms with Crippen LogP contribution in [0.3, 0.4) is 0 Å². The Morgan fingerprint density at radius 2 is 1.74 bits per heavy atom. The van der Waals surface area contributed by atoms with E-state index in [0.717, 1.165) is 49.8 Å². The van der Waals surface area contributed by atoms with Crippen molar-refractivity contribution in [3.8, 4) is 11.5 Å². The predicted molar refractivity (Wildman–Crippen MR) is 108 cm³/mol. The van der Waals surface area contributed by atoms with Crippen molar-refractivity contribution >= 4 is 5.91 Å². The molecule has 0 spiro atoms. The molecule has 1 heterocycles. The molecule has 164 valence electrons. The lowest BCUT2D eigenvalue weighted by molar-refractivity contribution is -0.142. The summed E-state index contributed by atoms with van der Waals surface area (Å²) in [5.74, 6) is 1.16. The van der Waals surface area contributed by atoms with Crippen LogP contribution in [0, 0.1) is 5.92 Å². The molecule has 1 saturated carbocycles. The van der Waals surface area contributed by atoms with E-state index in [1.165, 1.54) is 23.3 Å². The number of benzene rings is 2. The first-order valence-corrected chi connectivity index (χ1v) is 10.8. The van der Waals surface area contributed by atoms with Gasteiger partial charge in [-0.2, -0.15) is 13.2 Å². The molecule has 2 fully saturated rings. The summed E-state index contributed by atoms with van der Waals surface area (Å²) >= 11 is 0. The van der Waals surface area contributed by atoms with Gasteiger partial charge in [-0.1, -0.05) is 0 Å². The number of aliphatic hydroxyl groups is 1. The summed E-state index contributed by atoms with van der Waals surface area (Å²) in [7, 11) is 0. The molecular formula is C24H24F3NO3. The summed E-state index contributed by atoms with van der Waals surface area (Å²) in [4.78, 5) is 14.4. The number of carbonyl (C=O) groups excluding carboxylic acids is 1. The molecule has 31 heavy (non-hydrogen) atoms. The molecule has 5 rings (SSSR count). The van der Waals surface area contributed by atoms with Crippen LogP contribution in [0.2, 0.25) is 0 Å². The van der Waals surface area contributed by atoms with Gasteiger partial charge in [0.25, 0.3) is 0 Å². The first-order chi connectivity index (χ1) is 14.8. The SMILES string of the molecule is O=C([C@@H]1C[C@H]1c1cc(Oc2ccc(C(F)(F)F)cc2)cc2c1CCCC2)N1CC(O)C1. The van der Waals surface area contributed by atoms with Gasteiger partial charge in [0.05, 0.1) is 11.7 Å². The number of likely N-dealkylation sites (tertiary alicyclic amines) is 1. The van der Waals surface area contributed by atoms with Crippen LogP contribution in [0.5, 0.6) is 11.5 Å². The van der Waals surface area contributed by atoms with Crippen LogP contribution < -0.4 is 4.74 Å². The zero-order valence-electron chi connectivity index (χ0n) is 17.0. The number of rotatable bonds is 4. The van der Waals surface area contributed by atoms with Gasteiger partial charge < -0.3 is 14.7 Å². The van der Waals surface area contributed by atoms with Crippen LogP contribution in [0.1, 0.15) is 47.4 Å². The highest BCUT2D eigenvalue weighted by atomic mass is 19.4. The molecule has 0 unspecified atom stereocenters. The molecule has 1 amide bonds. The Bertz CT molecular complexity index is 996. The largest absolute Gasteiger partial charge is 0.457 e. The van der Waals surface area contributed by atoms with Crippen molar-refractivity contribution in [2.45, 2.75) is 50.3 Å². The minimum atomic E-state index is -4.38. The van der Waals surface area contributed by atoms with E-state index in [4.69, 9.17) is 4.74 Å². The van der Waals surface area contributed by atoms with E-state index in [-0.39, 0.29) is 17.7 Å². The fraction of sp³-hybridized carbons (Fsp3) is 0.458. The second-order valence-corrected chi connectivity index (χ2v) is 8.83. The monoisotopic (exact) mass is 431 g/mol. The molecule has 2 aromatic carbocycles. The molecule has 2 atom stereocenters. The second kappa shape index (κ2) is 7.55. The van der Waals surface area contributed by atoms with Gasteiger partial charge in [0.15, 0.2) is 0 Å². The number of aliphatic hydroxyl groups excluding tert-OH is 1. The number of alkyl halides is 3. The van der Waals surface area contributed by atoms with E-state index in [9.17, 15) is 23.1 Å². The summed E-state index contributed by atoms with van der Waals surface area (Å²) in [6.07, 6.45) is 0.132. The van der Waals surface area contributed by atoms with Crippen molar-refractivity contribution in [3.63, 3.8) is 0 Å². The predicted octanol–water partition coefficient (Wildman–Crippen LogP) is 4.68. The first kappa shape index (κ1) is 20.4. The van der Waals surface area contributed by atoms with Crippen molar-refractivity contribution in [2.75, 3.05) is 13.1 Å². The van der Waals surface area contributed by atoms with Crippen molar-refractivity contribution in [1.82, 2.24) is 4.90 Å². The maximum atomic E-state index is 12.8. The molecule has 1 saturated heterocycles. The Morgan fingerprint density at radius 3 is 2.42 bits per heavy atom. The van der Waals surface area contributed by atoms with E-state index >= 15 is 0 Å². The summed E-state index contributed by atoms with van der Waals surface area (Å²) in [5, 5.41) is 9.48. The quantitative estimate of drug-likeness (QED) is 0.765. The number of nitrogens with zero attached hydrogens (tertiary/aromatic N) is 1. The zero-order valence-corrected chi connectivity index (χ0v) is 17.0.